The highest BCUT2D eigenvalue weighted by Crippen LogP contribution is 2.35. The molecule has 5 nitrogen and oxygen atoms in total. The highest BCUT2D eigenvalue weighted by Gasteiger charge is 2.19. The predicted molar refractivity (Wildman–Crippen MR) is 73.8 cm³/mol. The van der Waals surface area contributed by atoms with Crippen molar-refractivity contribution in [3.8, 4) is 17.6 Å². The zero-order valence-electron chi connectivity index (χ0n) is 11.1. The zero-order chi connectivity index (χ0) is 14.7. The van der Waals surface area contributed by atoms with Crippen molar-refractivity contribution in [2.75, 3.05) is 0 Å². The Morgan fingerprint density at radius 2 is 1.95 bits per heavy atom. The summed E-state index contributed by atoms with van der Waals surface area (Å²) < 4.78 is 5.59. The Labute approximate surface area is 116 Å². The Balaban J connectivity index is 2.51. The number of ether oxygens (including phenoxy) is 1. The van der Waals surface area contributed by atoms with Crippen LogP contribution in [0.1, 0.15) is 16.7 Å². The van der Waals surface area contributed by atoms with Crippen LogP contribution in [0.4, 0.5) is 5.69 Å². The van der Waals surface area contributed by atoms with E-state index in [1.54, 1.807) is 37.3 Å². The molecule has 0 atom stereocenters. The Morgan fingerprint density at radius 3 is 2.60 bits per heavy atom. The molecule has 0 fully saturated rings. The molecule has 100 valence electrons. The number of nitriles is 1. The first-order chi connectivity index (χ1) is 9.52. The van der Waals surface area contributed by atoms with Gasteiger partial charge in [0.1, 0.15) is 11.8 Å². The molecule has 2 rings (SSSR count). The lowest BCUT2D eigenvalue weighted by Crippen LogP contribution is -1.97. The van der Waals surface area contributed by atoms with E-state index < -0.39 is 4.92 Å². The maximum absolute atomic E-state index is 11.1. The number of hydrogen-bond acceptors (Lipinski definition) is 4. The third-order valence-corrected chi connectivity index (χ3v) is 2.86. The molecule has 0 aromatic heterocycles. The van der Waals surface area contributed by atoms with Gasteiger partial charge < -0.3 is 4.74 Å². The average molecular weight is 268 g/mol. The van der Waals surface area contributed by atoms with Crippen LogP contribution in [0.5, 0.6) is 11.5 Å². The maximum Gasteiger partial charge on any atom is 0.314 e. The van der Waals surface area contributed by atoms with Gasteiger partial charge >= 0.3 is 5.69 Å². The predicted octanol–water partition coefficient (Wildman–Crippen LogP) is 3.88. The summed E-state index contributed by atoms with van der Waals surface area (Å²) in [6, 6.07) is 12.0. The first kappa shape index (κ1) is 13.6. The Morgan fingerprint density at radius 1 is 1.20 bits per heavy atom. The van der Waals surface area contributed by atoms with Gasteiger partial charge in [0.2, 0.25) is 5.75 Å². The molecule has 5 heteroatoms. The standard InChI is InChI=1S/C15H12N2O3/c1-10-6-7-12(9-16)14(8-10)20-13-5-3-4-11(2)15(13)17(18)19/h3-8H,1-2H3. The molecular weight excluding hydrogens is 256 g/mol. The second-order valence-corrected chi connectivity index (χ2v) is 4.39. The van der Waals surface area contributed by atoms with E-state index in [2.05, 4.69) is 0 Å². The second kappa shape index (κ2) is 5.41. The Hall–Kier alpha value is -2.87. The van der Waals surface area contributed by atoms with Gasteiger partial charge in [-0.25, -0.2) is 0 Å². The van der Waals surface area contributed by atoms with Crippen LogP contribution in [0.15, 0.2) is 36.4 Å². The molecule has 2 aromatic carbocycles. The summed E-state index contributed by atoms with van der Waals surface area (Å²) in [5.74, 6) is 0.457. The number of nitro benzene ring substituents is 1. The third kappa shape index (κ3) is 2.59. The van der Waals surface area contributed by atoms with E-state index in [-0.39, 0.29) is 11.4 Å². The smallest absolute Gasteiger partial charge is 0.314 e. The lowest BCUT2D eigenvalue weighted by Gasteiger charge is -2.09. The lowest BCUT2D eigenvalue weighted by molar-refractivity contribution is -0.386. The summed E-state index contributed by atoms with van der Waals surface area (Å²) in [7, 11) is 0. The van der Waals surface area contributed by atoms with Gasteiger partial charge in [-0.1, -0.05) is 18.2 Å². The van der Waals surface area contributed by atoms with Gasteiger partial charge in [-0.3, -0.25) is 10.1 Å². The van der Waals surface area contributed by atoms with Crippen molar-refractivity contribution in [1.29, 1.82) is 5.26 Å². The summed E-state index contributed by atoms with van der Waals surface area (Å²) in [4.78, 5) is 10.6. The molecule has 0 aliphatic carbocycles. The first-order valence-electron chi connectivity index (χ1n) is 5.95. The topological polar surface area (TPSA) is 76.2 Å². The van der Waals surface area contributed by atoms with Gasteiger partial charge in [0, 0.05) is 5.56 Å². The van der Waals surface area contributed by atoms with Crippen molar-refractivity contribution in [3.05, 3.63) is 63.2 Å². The van der Waals surface area contributed by atoms with E-state index in [4.69, 9.17) is 10.00 Å². The number of nitrogens with zero attached hydrogens (tertiary/aromatic N) is 2. The molecule has 0 N–H and O–H groups in total. The minimum absolute atomic E-state index is 0.0853. The van der Waals surface area contributed by atoms with Gasteiger partial charge in [-0.15, -0.1) is 0 Å². The molecule has 0 unspecified atom stereocenters. The molecule has 2 aromatic rings. The largest absolute Gasteiger partial charge is 0.449 e. The van der Waals surface area contributed by atoms with Crippen LogP contribution < -0.4 is 4.74 Å². The number of para-hydroxylation sites is 1. The molecule has 0 heterocycles. The monoisotopic (exact) mass is 268 g/mol. The SMILES string of the molecule is Cc1ccc(C#N)c(Oc2cccc(C)c2[N+](=O)[O-])c1. The van der Waals surface area contributed by atoms with Gasteiger partial charge in [0.15, 0.2) is 0 Å². The van der Waals surface area contributed by atoms with Crippen LogP contribution in [0, 0.1) is 35.3 Å². The average Bonchev–Trinajstić information content (AvgIpc) is 2.38. The van der Waals surface area contributed by atoms with Crippen molar-refractivity contribution in [1.82, 2.24) is 0 Å². The highest BCUT2D eigenvalue weighted by atomic mass is 16.6. The summed E-state index contributed by atoms with van der Waals surface area (Å²) in [6.45, 7) is 3.51. The van der Waals surface area contributed by atoms with E-state index in [0.29, 0.717) is 16.9 Å². The Bertz CT molecular complexity index is 718. The number of rotatable bonds is 3. The van der Waals surface area contributed by atoms with Crippen LogP contribution in [-0.2, 0) is 0 Å². The van der Waals surface area contributed by atoms with Gasteiger partial charge in [0.25, 0.3) is 0 Å². The maximum atomic E-state index is 11.1. The van der Waals surface area contributed by atoms with Crippen LogP contribution >= 0.6 is 0 Å². The summed E-state index contributed by atoms with van der Waals surface area (Å²) in [6.07, 6.45) is 0. The van der Waals surface area contributed by atoms with E-state index in [9.17, 15) is 10.1 Å². The van der Waals surface area contributed by atoms with Crippen molar-refractivity contribution in [3.63, 3.8) is 0 Å². The summed E-state index contributed by atoms with van der Waals surface area (Å²) >= 11 is 0. The van der Waals surface area contributed by atoms with E-state index in [0.717, 1.165) is 5.56 Å². The lowest BCUT2D eigenvalue weighted by atomic mass is 10.1. The van der Waals surface area contributed by atoms with Crippen LogP contribution in [0.3, 0.4) is 0 Å². The number of hydrogen-bond donors (Lipinski definition) is 0. The zero-order valence-corrected chi connectivity index (χ0v) is 11.1. The van der Waals surface area contributed by atoms with E-state index in [1.807, 2.05) is 13.0 Å². The van der Waals surface area contributed by atoms with Crippen LogP contribution in [-0.4, -0.2) is 4.92 Å². The fourth-order valence-corrected chi connectivity index (χ4v) is 1.87. The van der Waals surface area contributed by atoms with Gasteiger partial charge in [-0.2, -0.15) is 5.26 Å². The van der Waals surface area contributed by atoms with Crippen LogP contribution in [0.25, 0.3) is 0 Å². The van der Waals surface area contributed by atoms with E-state index in [1.165, 1.54) is 6.07 Å². The normalized spacial score (nSPS) is 9.85. The quantitative estimate of drug-likeness (QED) is 0.625. The molecule has 0 bridgehead atoms. The summed E-state index contributed by atoms with van der Waals surface area (Å²) in [5.41, 5.74) is 1.68. The molecule has 0 spiro atoms. The molecule has 0 aliphatic rings. The molecule has 0 saturated heterocycles. The third-order valence-electron chi connectivity index (χ3n) is 2.86. The molecule has 0 aliphatic heterocycles. The number of nitro groups is 1. The molecule has 0 radical (unpaired) electrons. The van der Waals surface area contributed by atoms with Crippen molar-refractivity contribution in [2.45, 2.75) is 13.8 Å². The van der Waals surface area contributed by atoms with E-state index >= 15 is 0 Å². The molecular formula is C15H12N2O3. The molecule has 20 heavy (non-hydrogen) atoms. The number of benzene rings is 2. The minimum atomic E-state index is -0.480. The minimum Gasteiger partial charge on any atom is -0.449 e. The Kier molecular flexibility index (Phi) is 3.67. The van der Waals surface area contributed by atoms with Crippen LogP contribution in [0.2, 0.25) is 0 Å². The van der Waals surface area contributed by atoms with Crippen molar-refractivity contribution < 1.29 is 9.66 Å². The molecule has 0 amide bonds. The first-order valence-corrected chi connectivity index (χ1v) is 5.95. The van der Waals surface area contributed by atoms with Crippen molar-refractivity contribution >= 4 is 5.69 Å². The molecule has 0 saturated carbocycles. The fraction of sp³-hybridized carbons (Fsp3) is 0.133. The highest BCUT2D eigenvalue weighted by molar-refractivity contribution is 5.55. The van der Waals surface area contributed by atoms with Gasteiger partial charge in [0.05, 0.1) is 10.5 Å². The summed E-state index contributed by atoms with van der Waals surface area (Å²) in [5, 5.41) is 20.2. The van der Waals surface area contributed by atoms with Gasteiger partial charge in [-0.05, 0) is 37.6 Å². The fourth-order valence-electron chi connectivity index (χ4n) is 1.87. The van der Waals surface area contributed by atoms with Crippen molar-refractivity contribution in [2.24, 2.45) is 0 Å². The second-order valence-electron chi connectivity index (χ2n) is 4.39. The number of aryl methyl sites for hydroxylation is 2.